The van der Waals surface area contributed by atoms with Gasteiger partial charge in [0.15, 0.2) is 4.77 Å². The summed E-state index contributed by atoms with van der Waals surface area (Å²) in [5, 5.41) is 11.0. The fourth-order valence-corrected chi connectivity index (χ4v) is 1.80. The molecule has 0 saturated carbocycles. The standard InChI is InChI=1S/C10H14N4OS/c1-3-4-9-11-12-10(16)14(9)6-8-5-7(2)15-13-8/h5H,3-4,6H2,1-2H3,(H,12,16). The van der Waals surface area contributed by atoms with Crippen LogP contribution in [0.5, 0.6) is 0 Å². The van der Waals surface area contributed by atoms with E-state index in [0.717, 1.165) is 30.1 Å². The molecule has 2 heterocycles. The van der Waals surface area contributed by atoms with Gasteiger partial charge < -0.3 is 4.52 Å². The van der Waals surface area contributed by atoms with Crippen LogP contribution in [0.2, 0.25) is 0 Å². The van der Waals surface area contributed by atoms with Gasteiger partial charge in [0.05, 0.1) is 6.54 Å². The molecule has 2 rings (SSSR count). The van der Waals surface area contributed by atoms with E-state index in [0.29, 0.717) is 11.3 Å². The average molecular weight is 238 g/mol. The van der Waals surface area contributed by atoms with E-state index in [1.54, 1.807) is 0 Å². The number of aryl methyl sites for hydroxylation is 2. The van der Waals surface area contributed by atoms with Crippen molar-refractivity contribution in [3.05, 3.63) is 28.1 Å². The molecule has 0 aliphatic heterocycles. The molecule has 2 aromatic heterocycles. The minimum absolute atomic E-state index is 0.613. The first-order valence-electron chi connectivity index (χ1n) is 5.27. The molecule has 0 spiro atoms. The summed E-state index contributed by atoms with van der Waals surface area (Å²) in [6.45, 7) is 4.60. The predicted molar refractivity (Wildman–Crippen MR) is 61.7 cm³/mol. The molecule has 0 aromatic carbocycles. The van der Waals surface area contributed by atoms with Gasteiger partial charge in [-0.05, 0) is 25.6 Å². The third-order valence-corrected chi connectivity index (χ3v) is 2.62. The molecule has 0 atom stereocenters. The zero-order valence-electron chi connectivity index (χ0n) is 9.36. The van der Waals surface area contributed by atoms with Crippen LogP contribution in [0.1, 0.15) is 30.6 Å². The van der Waals surface area contributed by atoms with E-state index < -0.39 is 0 Å². The van der Waals surface area contributed by atoms with E-state index in [-0.39, 0.29) is 0 Å². The first kappa shape index (κ1) is 11.1. The highest BCUT2D eigenvalue weighted by molar-refractivity contribution is 7.71. The number of rotatable bonds is 4. The number of H-pyrrole nitrogens is 1. The van der Waals surface area contributed by atoms with Crippen LogP contribution in [-0.4, -0.2) is 19.9 Å². The quantitative estimate of drug-likeness (QED) is 0.830. The van der Waals surface area contributed by atoms with Crippen LogP contribution < -0.4 is 0 Å². The summed E-state index contributed by atoms with van der Waals surface area (Å²) in [7, 11) is 0. The van der Waals surface area contributed by atoms with Gasteiger partial charge in [0.25, 0.3) is 0 Å². The van der Waals surface area contributed by atoms with Crippen LogP contribution in [0.3, 0.4) is 0 Å². The average Bonchev–Trinajstić information content (AvgIpc) is 2.79. The van der Waals surface area contributed by atoms with Crippen molar-refractivity contribution in [3.63, 3.8) is 0 Å². The Balaban J connectivity index is 2.26. The summed E-state index contributed by atoms with van der Waals surface area (Å²) in [6.07, 6.45) is 1.95. The normalized spacial score (nSPS) is 10.9. The summed E-state index contributed by atoms with van der Waals surface area (Å²) < 4.78 is 7.61. The van der Waals surface area contributed by atoms with E-state index in [2.05, 4.69) is 22.3 Å². The number of hydrogen-bond acceptors (Lipinski definition) is 4. The fourth-order valence-electron chi connectivity index (χ4n) is 1.58. The first-order chi connectivity index (χ1) is 7.70. The van der Waals surface area contributed by atoms with Crippen LogP contribution in [0.25, 0.3) is 0 Å². The molecule has 0 aliphatic rings. The second-order valence-corrected chi connectivity index (χ2v) is 4.10. The summed E-state index contributed by atoms with van der Waals surface area (Å²) in [4.78, 5) is 0. The van der Waals surface area contributed by atoms with Crippen LogP contribution in [0, 0.1) is 11.7 Å². The molecule has 0 bridgehead atoms. The van der Waals surface area contributed by atoms with E-state index >= 15 is 0 Å². The van der Waals surface area contributed by atoms with E-state index in [1.165, 1.54) is 0 Å². The Morgan fingerprint density at radius 2 is 2.38 bits per heavy atom. The van der Waals surface area contributed by atoms with Gasteiger partial charge in [-0.1, -0.05) is 12.1 Å². The number of hydrogen-bond donors (Lipinski definition) is 1. The zero-order chi connectivity index (χ0) is 11.5. The molecular weight excluding hydrogens is 224 g/mol. The van der Waals surface area contributed by atoms with Crippen LogP contribution in [-0.2, 0) is 13.0 Å². The summed E-state index contributed by atoms with van der Waals surface area (Å²) >= 11 is 5.18. The van der Waals surface area contributed by atoms with Crippen molar-refractivity contribution in [3.8, 4) is 0 Å². The predicted octanol–water partition coefficient (Wildman–Crippen LogP) is 2.24. The Bertz CT molecular complexity index is 525. The van der Waals surface area contributed by atoms with Crippen molar-refractivity contribution in [1.82, 2.24) is 19.9 Å². The molecular formula is C10H14N4OS. The third-order valence-electron chi connectivity index (χ3n) is 2.31. The van der Waals surface area contributed by atoms with Gasteiger partial charge in [-0.3, -0.25) is 9.67 Å². The van der Waals surface area contributed by atoms with Crippen molar-refractivity contribution >= 4 is 12.2 Å². The lowest BCUT2D eigenvalue weighted by atomic mass is 10.3. The van der Waals surface area contributed by atoms with Crippen molar-refractivity contribution < 1.29 is 4.52 Å². The minimum Gasteiger partial charge on any atom is -0.361 e. The molecule has 0 radical (unpaired) electrons. The highest BCUT2D eigenvalue weighted by atomic mass is 32.1. The maximum Gasteiger partial charge on any atom is 0.195 e. The molecule has 0 saturated heterocycles. The van der Waals surface area contributed by atoms with Crippen molar-refractivity contribution in [2.45, 2.75) is 33.2 Å². The highest BCUT2D eigenvalue weighted by Gasteiger charge is 2.08. The Labute approximate surface area is 98.5 Å². The Morgan fingerprint density at radius 1 is 1.56 bits per heavy atom. The summed E-state index contributed by atoms with van der Waals surface area (Å²) in [5.41, 5.74) is 0.868. The third kappa shape index (κ3) is 2.21. The zero-order valence-corrected chi connectivity index (χ0v) is 10.2. The van der Waals surface area contributed by atoms with Crippen LogP contribution in [0.4, 0.5) is 0 Å². The smallest absolute Gasteiger partial charge is 0.195 e. The molecule has 0 unspecified atom stereocenters. The van der Waals surface area contributed by atoms with Gasteiger partial charge in [-0.15, -0.1) is 0 Å². The van der Waals surface area contributed by atoms with Crippen molar-refractivity contribution in [2.75, 3.05) is 0 Å². The molecule has 16 heavy (non-hydrogen) atoms. The largest absolute Gasteiger partial charge is 0.361 e. The van der Waals surface area contributed by atoms with Gasteiger partial charge >= 0.3 is 0 Å². The molecule has 0 fully saturated rings. The Kier molecular flexibility index (Phi) is 3.19. The number of nitrogens with one attached hydrogen (secondary N) is 1. The summed E-state index contributed by atoms with van der Waals surface area (Å²) in [6, 6.07) is 1.91. The number of aromatic nitrogens is 4. The molecule has 2 aromatic rings. The Hall–Kier alpha value is -1.43. The molecule has 0 amide bonds. The molecule has 0 aliphatic carbocycles. The lowest BCUT2D eigenvalue weighted by Crippen LogP contribution is -2.05. The van der Waals surface area contributed by atoms with Gasteiger partial charge in [0, 0.05) is 12.5 Å². The second kappa shape index (κ2) is 4.61. The second-order valence-electron chi connectivity index (χ2n) is 3.71. The van der Waals surface area contributed by atoms with E-state index in [4.69, 9.17) is 16.7 Å². The van der Waals surface area contributed by atoms with E-state index in [9.17, 15) is 0 Å². The SMILES string of the molecule is CCCc1n[nH]c(=S)n1Cc1cc(C)on1. The molecule has 86 valence electrons. The fraction of sp³-hybridized carbons (Fsp3) is 0.500. The van der Waals surface area contributed by atoms with Gasteiger partial charge in [0.1, 0.15) is 17.3 Å². The lowest BCUT2D eigenvalue weighted by molar-refractivity contribution is 0.388. The van der Waals surface area contributed by atoms with Crippen molar-refractivity contribution in [1.29, 1.82) is 0 Å². The van der Waals surface area contributed by atoms with E-state index in [1.807, 2.05) is 17.6 Å². The minimum atomic E-state index is 0.613. The molecule has 6 heteroatoms. The van der Waals surface area contributed by atoms with Crippen LogP contribution in [0.15, 0.2) is 10.6 Å². The maximum atomic E-state index is 5.18. The lowest BCUT2D eigenvalue weighted by Gasteiger charge is -2.02. The van der Waals surface area contributed by atoms with Crippen LogP contribution >= 0.6 is 12.2 Å². The molecule has 5 nitrogen and oxygen atoms in total. The molecule has 1 N–H and O–H groups in total. The number of nitrogens with zero attached hydrogens (tertiary/aromatic N) is 3. The van der Waals surface area contributed by atoms with Crippen molar-refractivity contribution in [2.24, 2.45) is 0 Å². The van der Waals surface area contributed by atoms with Gasteiger partial charge in [0.2, 0.25) is 0 Å². The van der Waals surface area contributed by atoms with Gasteiger partial charge in [-0.25, -0.2) is 0 Å². The maximum absolute atomic E-state index is 5.18. The monoisotopic (exact) mass is 238 g/mol. The highest BCUT2D eigenvalue weighted by Crippen LogP contribution is 2.08. The first-order valence-corrected chi connectivity index (χ1v) is 5.67. The topological polar surface area (TPSA) is 59.6 Å². The summed E-state index contributed by atoms with van der Waals surface area (Å²) in [5.74, 6) is 1.77. The number of aromatic amines is 1. The Morgan fingerprint density at radius 3 is 3.00 bits per heavy atom. The van der Waals surface area contributed by atoms with Gasteiger partial charge in [-0.2, -0.15) is 5.10 Å².